The first-order valence-electron chi connectivity index (χ1n) is 25.2. The number of hydrogen-bond acceptors (Lipinski definition) is 4. The largest absolute Gasteiger partial charge is 0.291 e. The zero-order chi connectivity index (χ0) is 50.1. The third-order valence-corrected chi connectivity index (χ3v) is 24.9. The van der Waals surface area contributed by atoms with Gasteiger partial charge in [0.1, 0.15) is 5.65 Å². The molecule has 14 rings (SSSR count). The zero-order valence-electron chi connectivity index (χ0n) is 40.5. The molecule has 0 spiro atoms. The molecule has 0 fully saturated rings. The Hall–Kier alpha value is -8.14. The number of imidazole rings is 1. The van der Waals surface area contributed by atoms with E-state index in [1.807, 2.05) is 6.20 Å². The predicted octanol–water partition coefficient (Wildman–Crippen LogP) is 15.0. The molecule has 0 aliphatic rings. The molecule has 0 aliphatic carbocycles. The molecule has 0 bridgehead atoms. The number of pyridine rings is 2. The summed E-state index contributed by atoms with van der Waals surface area (Å²) in [6.45, 7) is 0. The second kappa shape index (κ2) is 18.4. The number of nitrogens with zero attached hydrogens (tertiary/aromatic N) is 3. The van der Waals surface area contributed by atoms with E-state index in [4.69, 9.17) is 33.6 Å². The van der Waals surface area contributed by atoms with E-state index in [-0.39, 0.29) is 0 Å². The fraction of sp³-hybridized carbons (Fsp3) is 0. The highest BCUT2D eigenvalue weighted by molar-refractivity contribution is 8.26. The Bertz CT molecular complexity index is 4580. The van der Waals surface area contributed by atoms with Gasteiger partial charge in [0, 0.05) is 50.6 Å². The van der Waals surface area contributed by atoms with E-state index in [0.29, 0.717) is 0 Å². The van der Waals surface area contributed by atoms with E-state index in [2.05, 4.69) is 271 Å². The van der Waals surface area contributed by atoms with Gasteiger partial charge in [-0.05, 0) is 95.3 Å². The quantitative estimate of drug-likeness (QED) is 0.106. The summed E-state index contributed by atoms with van der Waals surface area (Å²) >= 11 is 13.7. The third kappa shape index (κ3) is 7.45. The molecule has 75 heavy (non-hydrogen) atoms. The smallest absolute Gasteiger partial charge is 0.146 e. The lowest BCUT2D eigenvalue weighted by atomic mass is 9.97. The molecule has 0 radical (unpaired) electrons. The monoisotopic (exact) mass is 1030 g/mol. The molecule has 0 N–H and O–H groups in total. The number of hydrogen-bond donors (Lipinski definition) is 0. The van der Waals surface area contributed by atoms with Crippen molar-refractivity contribution in [3.05, 3.63) is 273 Å². The van der Waals surface area contributed by atoms with E-state index in [9.17, 15) is 0 Å². The van der Waals surface area contributed by atoms with Crippen LogP contribution in [0.2, 0.25) is 0 Å². The summed E-state index contributed by atoms with van der Waals surface area (Å²) in [6.07, 6.45) is 2.02. The van der Waals surface area contributed by atoms with Crippen LogP contribution in [0, 0.1) is 0 Å². The van der Waals surface area contributed by atoms with Crippen LogP contribution in [0.1, 0.15) is 0 Å². The molecule has 0 amide bonds. The Morgan fingerprint density at radius 1 is 0.347 bits per heavy atom. The average Bonchev–Trinajstić information content (AvgIpc) is 3.89. The van der Waals surface area contributed by atoms with Crippen molar-refractivity contribution in [1.29, 1.82) is 0 Å². The van der Waals surface area contributed by atoms with Crippen molar-refractivity contribution in [2.45, 2.75) is 0 Å². The first-order chi connectivity index (χ1) is 36.9. The van der Waals surface area contributed by atoms with Crippen LogP contribution in [0.5, 0.6) is 0 Å². The van der Waals surface area contributed by atoms with Gasteiger partial charge in [-0.1, -0.05) is 260 Å². The lowest BCUT2D eigenvalue weighted by molar-refractivity contribution is 1.32. The molecule has 354 valence electrons. The van der Waals surface area contributed by atoms with Gasteiger partial charge in [0.05, 0.1) is 22.2 Å². The van der Waals surface area contributed by atoms with Crippen LogP contribution in [0.15, 0.2) is 273 Å². The molecule has 7 heteroatoms. The minimum atomic E-state index is -2.43. The van der Waals surface area contributed by atoms with Crippen molar-refractivity contribution in [1.82, 2.24) is 14.4 Å². The van der Waals surface area contributed by atoms with Crippen LogP contribution >= 0.6 is 12.1 Å². The molecule has 0 saturated carbocycles. The van der Waals surface area contributed by atoms with Gasteiger partial charge in [-0.25, -0.2) is 4.98 Å². The van der Waals surface area contributed by atoms with Crippen molar-refractivity contribution in [2.24, 2.45) is 0 Å². The summed E-state index contributed by atoms with van der Waals surface area (Å²) in [5.41, 5.74) is 10.7. The van der Waals surface area contributed by atoms with Gasteiger partial charge in [0.2, 0.25) is 0 Å². The summed E-state index contributed by atoms with van der Waals surface area (Å²) in [7, 11) is 0. The number of fused-ring (bicyclic) bond motifs is 11. The van der Waals surface area contributed by atoms with Gasteiger partial charge in [0.25, 0.3) is 0 Å². The van der Waals surface area contributed by atoms with Crippen molar-refractivity contribution in [3.63, 3.8) is 0 Å². The highest BCUT2D eigenvalue weighted by atomic mass is 32.4. The first kappa shape index (κ1) is 45.5. The second-order valence-corrected chi connectivity index (χ2v) is 27.9. The molecular formula is C68H45N3P2S2. The zero-order valence-corrected chi connectivity index (χ0v) is 44.0. The summed E-state index contributed by atoms with van der Waals surface area (Å²) < 4.78 is 2.40. The molecule has 1 unspecified atom stereocenters. The normalized spacial score (nSPS) is 12.7. The topological polar surface area (TPSA) is 30.2 Å². The Labute approximate surface area is 445 Å². The van der Waals surface area contributed by atoms with Crippen molar-refractivity contribution >= 4 is 127 Å². The summed E-state index contributed by atoms with van der Waals surface area (Å²) in [5.74, 6) is 0. The Morgan fingerprint density at radius 3 is 1.55 bits per heavy atom. The van der Waals surface area contributed by atoms with E-state index in [1.165, 1.54) is 48.6 Å². The lowest BCUT2D eigenvalue weighted by Crippen LogP contribution is -2.25. The van der Waals surface area contributed by atoms with Gasteiger partial charge in [-0.2, -0.15) is 0 Å². The Morgan fingerprint density at radius 2 is 0.880 bits per heavy atom. The highest BCUT2D eigenvalue weighted by Crippen LogP contribution is 2.47. The van der Waals surface area contributed by atoms with Crippen LogP contribution in [0.3, 0.4) is 0 Å². The van der Waals surface area contributed by atoms with E-state index in [1.54, 1.807) is 0 Å². The Kier molecular flexibility index (Phi) is 11.1. The minimum Gasteiger partial charge on any atom is -0.291 e. The first-order valence-corrected chi connectivity index (χ1v) is 30.8. The summed E-state index contributed by atoms with van der Waals surface area (Å²) in [6, 6.07) is 90.9. The number of benzene rings is 11. The van der Waals surface area contributed by atoms with Crippen molar-refractivity contribution < 1.29 is 0 Å². The van der Waals surface area contributed by atoms with E-state index < -0.39 is 12.1 Å². The molecule has 3 aromatic heterocycles. The van der Waals surface area contributed by atoms with Crippen molar-refractivity contribution in [3.8, 4) is 33.5 Å². The fourth-order valence-electron chi connectivity index (χ4n) is 11.3. The van der Waals surface area contributed by atoms with Crippen LogP contribution in [0.25, 0.3) is 93.4 Å². The molecule has 3 nitrogen and oxygen atoms in total. The average molecular weight is 1030 g/mol. The molecule has 11 aromatic carbocycles. The fourth-order valence-corrected chi connectivity index (χ4v) is 19.0. The predicted molar refractivity (Wildman–Crippen MR) is 329 cm³/mol. The third-order valence-electron chi connectivity index (χ3n) is 15.0. The van der Waals surface area contributed by atoms with Gasteiger partial charge in [-0.3, -0.25) is 9.38 Å². The maximum absolute atomic E-state index is 6.91. The maximum Gasteiger partial charge on any atom is 0.146 e. The molecule has 1 atom stereocenters. The van der Waals surface area contributed by atoms with Gasteiger partial charge in [0.15, 0.2) is 0 Å². The van der Waals surface area contributed by atoms with Crippen molar-refractivity contribution in [2.75, 3.05) is 0 Å². The van der Waals surface area contributed by atoms with Gasteiger partial charge >= 0.3 is 0 Å². The minimum absolute atomic E-state index is 0.900. The second-order valence-electron chi connectivity index (χ2n) is 19.1. The molecular weight excluding hydrogens is 985 g/mol. The van der Waals surface area contributed by atoms with Crippen LogP contribution in [0.4, 0.5) is 0 Å². The van der Waals surface area contributed by atoms with Crippen LogP contribution in [-0.4, -0.2) is 14.4 Å². The van der Waals surface area contributed by atoms with E-state index >= 15 is 0 Å². The molecule has 3 heterocycles. The lowest BCUT2D eigenvalue weighted by Gasteiger charge is -2.26. The Balaban J connectivity index is 0.895. The number of rotatable bonds is 9. The maximum atomic E-state index is 6.91. The van der Waals surface area contributed by atoms with Crippen LogP contribution < -0.4 is 31.8 Å². The van der Waals surface area contributed by atoms with Crippen LogP contribution in [-0.2, 0) is 23.6 Å². The standard InChI is InChI=1S/C68H45N3P2S2/c74-72(51-19-7-2-8-20-51,54-34-29-47(30-35-54)46-17-5-1-6-18-46)55-36-41-63(69-45-55)50-32-37-57-48(43-50)31-38-61-59-26-14-16-28-62(59)68-70-64-40-33-49(44-65(64)71(68)67(57)61)56-39-42-66(60-27-15-13-25-58(56)60)73(75,52-21-9-3-10-22-52)53-23-11-4-12-24-53/h1-45H. The van der Waals surface area contributed by atoms with Gasteiger partial charge < -0.3 is 0 Å². The van der Waals surface area contributed by atoms with Gasteiger partial charge in [-0.15, -0.1) is 0 Å². The summed E-state index contributed by atoms with van der Waals surface area (Å²) in [4.78, 5) is 10.6. The molecule has 0 aliphatic heterocycles. The summed E-state index contributed by atoms with van der Waals surface area (Å²) in [5, 5.41) is 15.0. The molecule has 0 saturated heterocycles. The molecule has 14 aromatic rings. The highest BCUT2D eigenvalue weighted by Gasteiger charge is 2.29. The number of aromatic nitrogens is 3. The SMILES string of the molecule is S=P(c1ccccc1)(c1ccc(-c2ccccc2)cc1)c1ccc(-c2ccc3c(ccc4c5ccccc5c5nc6ccc(-c7ccc(P(=S)(c8ccccc8)c8ccccc8)c8ccccc78)cc6n5c34)c2)nc1. The van der Waals surface area contributed by atoms with E-state index in [0.717, 1.165) is 76.7 Å².